The van der Waals surface area contributed by atoms with Gasteiger partial charge in [0.15, 0.2) is 11.5 Å². The van der Waals surface area contributed by atoms with E-state index >= 15 is 0 Å². The number of nitrogens with zero attached hydrogens (tertiary/aromatic N) is 3. The van der Waals surface area contributed by atoms with Crippen LogP contribution in [0.15, 0.2) is 95.4 Å². The first kappa shape index (κ1) is 17.4. The van der Waals surface area contributed by atoms with Crippen molar-refractivity contribution in [2.75, 3.05) is 0 Å². The maximum Gasteiger partial charge on any atom is 0.199 e. The molecule has 0 aliphatic rings. The van der Waals surface area contributed by atoms with Gasteiger partial charge in [0.25, 0.3) is 0 Å². The van der Waals surface area contributed by atoms with Crippen LogP contribution in [0.2, 0.25) is 0 Å². The molecule has 4 aromatic carbocycles. The fraction of sp³-hybridized carbons (Fsp3) is 0. The van der Waals surface area contributed by atoms with E-state index in [9.17, 15) is 0 Å². The maximum absolute atomic E-state index is 7.75. The molecule has 0 amide bonds. The Labute approximate surface area is 178 Å². The lowest BCUT2D eigenvalue weighted by Gasteiger charge is -2.10. The Morgan fingerprint density at radius 2 is 1.42 bits per heavy atom. The Morgan fingerprint density at radius 3 is 2.26 bits per heavy atom. The molecule has 0 aliphatic heterocycles. The van der Waals surface area contributed by atoms with Crippen LogP contribution in [0.4, 0.5) is 5.69 Å². The van der Waals surface area contributed by atoms with Crippen molar-refractivity contribution in [1.29, 1.82) is 0 Å². The van der Waals surface area contributed by atoms with E-state index in [1.54, 1.807) is 0 Å². The summed E-state index contributed by atoms with van der Waals surface area (Å²) in [7, 11) is 0. The minimum atomic E-state index is 0.537. The van der Waals surface area contributed by atoms with E-state index in [2.05, 4.69) is 4.85 Å². The average Bonchev–Trinajstić information content (AvgIpc) is 3.22. The van der Waals surface area contributed by atoms with Crippen molar-refractivity contribution in [3.63, 3.8) is 0 Å². The van der Waals surface area contributed by atoms with Gasteiger partial charge in [-0.3, -0.25) is 0 Å². The number of rotatable bonds is 2. The second-order valence-corrected chi connectivity index (χ2v) is 7.36. The Hall–Kier alpha value is -4.49. The molecule has 0 saturated carbocycles. The van der Waals surface area contributed by atoms with E-state index < -0.39 is 0 Å². The SMILES string of the molecule is [C-]#[N+]c1cc(-c2nc(-c3ccccc3)c3ccccc3n2)cc2oc3ccccc3c12. The molecule has 0 fully saturated rings. The van der Waals surface area contributed by atoms with Gasteiger partial charge in [-0.25, -0.2) is 14.8 Å². The highest BCUT2D eigenvalue weighted by Gasteiger charge is 2.16. The zero-order valence-electron chi connectivity index (χ0n) is 16.4. The summed E-state index contributed by atoms with van der Waals surface area (Å²) in [5, 5.41) is 2.77. The van der Waals surface area contributed by atoms with Crippen LogP contribution in [0.3, 0.4) is 0 Å². The Kier molecular flexibility index (Phi) is 3.81. The summed E-state index contributed by atoms with van der Waals surface area (Å²) in [6.45, 7) is 7.75. The summed E-state index contributed by atoms with van der Waals surface area (Å²) >= 11 is 0. The van der Waals surface area contributed by atoms with Crippen LogP contribution in [0.25, 0.3) is 60.3 Å². The van der Waals surface area contributed by atoms with Crippen molar-refractivity contribution in [2.45, 2.75) is 0 Å². The van der Waals surface area contributed by atoms with Crippen molar-refractivity contribution in [1.82, 2.24) is 9.97 Å². The van der Waals surface area contributed by atoms with Gasteiger partial charge in [0.05, 0.1) is 17.8 Å². The second kappa shape index (κ2) is 6.79. The molecule has 0 bridgehead atoms. The fourth-order valence-corrected chi connectivity index (χ4v) is 4.07. The first-order chi connectivity index (χ1) is 15.3. The molecule has 0 unspecified atom stereocenters. The van der Waals surface area contributed by atoms with Gasteiger partial charge in [-0.2, -0.15) is 0 Å². The van der Waals surface area contributed by atoms with Crippen LogP contribution in [0.1, 0.15) is 0 Å². The van der Waals surface area contributed by atoms with E-state index in [0.717, 1.165) is 44.1 Å². The summed E-state index contributed by atoms with van der Waals surface area (Å²) < 4.78 is 6.06. The molecule has 0 atom stereocenters. The zero-order chi connectivity index (χ0) is 20.8. The van der Waals surface area contributed by atoms with E-state index in [1.165, 1.54) is 0 Å². The molecule has 4 heteroatoms. The number of fused-ring (bicyclic) bond motifs is 4. The van der Waals surface area contributed by atoms with Crippen LogP contribution in [-0.2, 0) is 0 Å². The average molecular weight is 397 g/mol. The summed E-state index contributed by atoms with van der Waals surface area (Å²) in [6.07, 6.45) is 0. The molecule has 6 aromatic rings. The fourth-order valence-electron chi connectivity index (χ4n) is 4.07. The lowest BCUT2D eigenvalue weighted by atomic mass is 10.0. The van der Waals surface area contributed by atoms with Crippen LogP contribution in [0, 0.1) is 6.57 Å². The lowest BCUT2D eigenvalue weighted by Crippen LogP contribution is -1.95. The number of hydrogen-bond donors (Lipinski definition) is 0. The zero-order valence-corrected chi connectivity index (χ0v) is 16.4. The molecule has 0 spiro atoms. The topological polar surface area (TPSA) is 43.3 Å². The molecule has 144 valence electrons. The lowest BCUT2D eigenvalue weighted by molar-refractivity contribution is 0.669. The van der Waals surface area contributed by atoms with Gasteiger partial charge in [-0.1, -0.05) is 66.7 Å². The third-order valence-corrected chi connectivity index (χ3v) is 5.49. The Bertz CT molecular complexity index is 1640. The summed E-state index contributed by atoms with van der Waals surface area (Å²) in [5.74, 6) is 0.574. The molecule has 31 heavy (non-hydrogen) atoms. The summed E-state index contributed by atoms with van der Waals surface area (Å²) in [5.41, 5.74) is 5.50. The number of aromatic nitrogens is 2. The summed E-state index contributed by atoms with van der Waals surface area (Å²) in [6, 6.07) is 29.7. The second-order valence-electron chi connectivity index (χ2n) is 7.36. The van der Waals surface area contributed by atoms with Gasteiger partial charge in [0.2, 0.25) is 0 Å². The number of hydrogen-bond acceptors (Lipinski definition) is 3. The van der Waals surface area contributed by atoms with Gasteiger partial charge < -0.3 is 4.42 Å². The molecular weight excluding hydrogens is 382 g/mol. The molecule has 0 radical (unpaired) electrons. The quantitative estimate of drug-likeness (QED) is 0.286. The van der Waals surface area contributed by atoms with Gasteiger partial charge in [0, 0.05) is 27.3 Å². The highest BCUT2D eigenvalue weighted by atomic mass is 16.3. The predicted molar refractivity (Wildman–Crippen MR) is 124 cm³/mol. The first-order valence-corrected chi connectivity index (χ1v) is 9.97. The van der Waals surface area contributed by atoms with Crippen molar-refractivity contribution >= 4 is 38.5 Å². The largest absolute Gasteiger partial charge is 0.457 e. The van der Waals surface area contributed by atoms with Gasteiger partial charge in [0.1, 0.15) is 11.2 Å². The first-order valence-electron chi connectivity index (χ1n) is 9.97. The monoisotopic (exact) mass is 397 g/mol. The van der Waals surface area contributed by atoms with Crippen molar-refractivity contribution < 1.29 is 4.42 Å². The molecular formula is C27H15N3O. The molecule has 2 heterocycles. The smallest absolute Gasteiger partial charge is 0.199 e. The Balaban J connectivity index is 1.65. The van der Waals surface area contributed by atoms with Gasteiger partial charge in [-0.05, 0) is 24.3 Å². The van der Waals surface area contributed by atoms with Crippen LogP contribution < -0.4 is 0 Å². The van der Waals surface area contributed by atoms with Crippen molar-refractivity contribution in [3.8, 4) is 22.6 Å². The molecule has 0 N–H and O–H groups in total. The third-order valence-electron chi connectivity index (χ3n) is 5.49. The van der Waals surface area contributed by atoms with Crippen molar-refractivity contribution in [2.24, 2.45) is 0 Å². The van der Waals surface area contributed by atoms with Gasteiger partial charge >= 0.3 is 0 Å². The molecule has 0 aliphatic carbocycles. The van der Waals surface area contributed by atoms with Crippen molar-refractivity contribution in [3.05, 3.63) is 102 Å². The number of para-hydroxylation sites is 2. The van der Waals surface area contributed by atoms with Crippen LogP contribution in [0.5, 0.6) is 0 Å². The van der Waals surface area contributed by atoms with E-state index in [1.807, 2.05) is 91.0 Å². The minimum absolute atomic E-state index is 0.537. The normalized spacial score (nSPS) is 11.2. The van der Waals surface area contributed by atoms with Crippen LogP contribution in [-0.4, -0.2) is 9.97 Å². The van der Waals surface area contributed by atoms with Crippen LogP contribution >= 0.6 is 0 Å². The molecule has 4 nitrogen and oxygen atoms in total. The Morgan fingerprint density at radius 1 is 0.677 bits per heavy atom. The highest BCUT2D eigenvalue weighted by molar-refractivity contribution is 6.12. The number of furan rings is 1. The van der Waals surface area contributed by atoms with E-state index in [-0.39, 0.29) is 0 Å². The maximum atomic E-state index is 7.75. The van der Waals surface area contributed by atoms with Gasteiger partial charge in [-0.15, -0.1) is 0 Å². The number of benzene rings is 4. The summed E-state index contributed by atoms with van der Waals surface area (Å²) in [4.78, 5) is 13.5. The van der Waals surface area contributed by atoms with E-state index in [0.29, 0.717) is 17.1 Å². The standard InChI is InChI=1S/C27H15N3O/c1-28-22-15-18(16-24-25(22)20-12-6-8-14-23(20)31-24)27-29-21-13-7-5-11-19(21)26(30-27)17-9-3-2-4-10-17/h2-16H. The molecule has 0 saturated heterocycles. The molecule has 6 rings (SSSR count). The third kappa shape index (κ3) is 2.76. The predicted octanol–water partition coefficient (Wildman–Crippen LogP) is 7.41. The minimum Gasteiger partial charge on any atom is -0.457 e. The highest BCUT2D eigenvalue weighted by Crippen LogP contribution is 2.39. The van der Waals surface area contributed by atoms with E-state index in [4.69, 9.17) is 21.0 Å². The molecule has 2 aromatic heterocycles.